The molecule has 0 unspecified atom stereocenters. The highest BCUT2D eigenvalue weighted by Gasteiger charge is 2.32. The van der Waals surface area contributed by atoms with Crippen LogP contribution in [0.3, 0.4) is 0 Å². The number of H-pyrrole nitrogens is 1. The Morgan fingerprint density at radius 1 is 1.29 bits per heavy atom. The van der Waals surface area contributed by atoms with Crippen molar-refractivity contribution in [1.29, 1.82) is 0 Å². The van der Waals surface area contributed by atoms with Crippen LogP contribution >= 0.6 is 0 Å². The average Bonchev–Trinajstić information content (AvgIpc) is 2.66. The first-order chi connectivity index (χ1) is 8.00. The molecule has 0 atom stereocenters. The molecule has 0 radical (unpaired) electrons. The molecule has 2 heterocycles. The summed E-state index contributed by atoms with van der Waals surface area (Å²) in [5, 5.41) is 0. The van der Waals surface area contributed by atoms with Crippen molar-refractivity contribution < 1.29 is 17.9 Å². The lowest BCUT2D eigenvalue weighted by Gasteiger charge is -2.03. The fraction of sp³-hybridized carbons (Fsp3) is 0.400. The van der Waals surface area contributed by atoms with Gasteiger partial charge in [-0.25, -0.2) is 9.97 Å². The number of alkyl halides is 3. The van der Waals surface area contributed by atoms with Gasteiger partial charge in [-0.1, -0.05) is 0 Å². The summed E-state index contributed by atoms with van der Waals surface area (Å²) >= 11 is 0. The molecule has 0 saturated heterocycles. The zero-order chi connectivity index (χ0) is 12.5. The summed E-state index contributed by atoms with van der Waals surface area (Å²) in [5.41, 5.74) is -0.371. The van der Waals surface area contributed by atoms with E-state index in [1.165, 1.54) is 6.07 Å². The summed E-state index contributed by atoms with van der Waals surface area (Å²) in [5.74, 6) is 0.564. The van der Waals surface area contributed by atoms with Gasteiger partial charge in [0.1, 0.15) is 11.5 Å². The number of halogens is 3. The van der Waals surface area contributed by atoms with Crippen molar-refractivity contribution in [1.82, 2.24) is 15.0 Å². The van der Waals surface area contributed by atoms with Crippen LogP contribution in [0.4, 0.5) is 13.2 Å². The van der Waals surface area contributed by atoms with E-state index in [4.69, 9.17) is 4.74 Å². The van der Waals surface area contributed by atoms with Crippen molar-refractivity contribution in [3.05, 3.63) is 23.7 Å². The molecule has 0 fully saturated rings. The highest BCUT2D eigenvalue weighted by Crippen LogP contribution is 2.28. The number of hydrogen-bond acceptors (Lipinski definition) is 3. The molecule has 0 aliphatic heterocycles. The largest absolute Gasteiger partial charge is 0.433 e. The first-order valence-electron chi connectivity index (χ1n) is 4.92. The minimum Gasteiger partial charge on any atom is -0.384 e. The molecule has 7 heteroatoms. The van der Waals surface area contributed by atoms with Gasteiger partial charge in [0, 0.05) is 13.5 Å². The average molecular weight is 245 g/mol. The highest BCUT2D eigenvalue weighted by molar-refractivity contribution is 5.70. The summed E-state index contributed by atoms with van der Waals surface area (Å²) in [6, 6.07) is 2.26. The molecular weight excluding hydrogens is 235 g/mol. The van der Waals surface area contributed by atoms with Crippen molar-refractivity contribution in [3.63, 3.8) is 0 Å². The SMILES string of the molecule is COCCc1nc2nc(C(F)(F)F)ccc2[nH]1. The molecule has 0 aliphatic rings. The van der Waals surface area contributed by atoms with Gasteiger partial charge in [-0.05, 0) is 12.1 Å². The number of ether oxygens (including phenoxy) is 1. The van der Waals surface area contributed by atoms with Crippen LogP contribution in [0.15, 0.2) is 12.1 Å². The Labute approximate surface area is 94.8 Å². The van der Waals surface area contributed by atoms with Crippen LogP contribution < -0.4 is 0 Å². The molecule has 2 aromatic rings. The molecule has 4 nitrogen and oxygen atoms in total. The van der Waals surface area contributed by atoms with Crippen LogP contribution in [0.5, 0.6) is 0 Å². The van der Waals surface area contributed by atoms with Crippen LogP contribution in [0, 0.1) is 0 Å². The number of aromatic amines is 1. The van der Waals surface area contributed by atoms with Gasteiger partial charge in [0.25, 0.3) is 0 Å². The number of rotatable bonds is 3. The molecule has 0 aromatic carbocycles. The van der Waals surface area contributed by atoms with Gasteiger partial charge in [0.15, 0.2) is 5.65 Å². The summed E-state index contributed by atoms with van der Waals surface area (Å²) in [6.07, 6.45) is -3.94. The van der Waals surface area contributed by atoms with E-state index in [1.807, 2.05) is 0 Å². The van der Waals surface area contributed by atoms with Gasteiger partial charge < -0.3 is 9.72 Å². The van der Waals surface area contributed by atoms with Crippen LogP contribution in [0.1, 0.15) is 11.5 Å². The van der Waals surface area contributed by atoms with Gasteiger partial charge in [-0.2, -0.15) is 13.2 Å². The lowest BCUT2D eigenvalue weighted by molar-refractivity contribution is -0.141. The predicted molar refractivity (Wildman–Crippen MR) is 54.5 cm³/mol. The Morgan fingerprint density at radius 3 is 2.71 bits per heavy atom. The second-order valence-corrected chi connectivity index (χ2v) is 3.49. The van der Waals surface area contributed by atoms with Crippen LogP contribution in [0.2, 0.25) is 0 Å². The number of methoxy groups -OCH3 is 1. The monoisotopic (exact) mass is 245 g/mol. The Morgan fingerprint density at radius 2 is 2.06 bits per heavy atom. The molecular formula is C10H10F3N3O. The van der Waals surface area contributed by atoms with E-state index in [-0.39, 0.29) is 5.65 Å². The van der Waals surface area contributed by atoms with Crippen molar-refractivity contribution in [2.75, 3.05) is 13.7 Å². The highest BCUT2D eigenvalue weighted by atomic mass is 19.4. The van der Waals surface area contributed by atoms with Crippen molar-refractivity contribution >= 4 is 11.2 Å². The van der Waals surface area contributed by atoms with E-state index >= 15 is 0 Å². The van der Waals surface area contributed by atoms with E-state index < -0.39 is 11.9 Å². The smallest absolute Gasteiger partial charge is 0.384 e. The van der Waals surface area contributed by atoms with Gasteiger partial charge in [-0.15, -0.1) is 0 Å². The first-order valence-corrected chi connectivity index (χ1v) is 4.92. The van der Waals surface area contributed by atoms with Crippen molar-refractivity contribution in [3.8, 4) is 0 Å². The van der Waals surface area contributed by atoms with Crippen LogP contribution in [-0.2, 0) is 17.3 Å². The third-order valence-electron chi connectivity index (χ3n) is 2.23. The molecule has 0 aliphatic carbocycles. The molecule has 17 heavy (non-hydrogen) atoms. The molecule has 0 amide bonds. The predicted octanol–water partition coefficient (Wildman–Crippen LogP) is 2.17. The maximum atomic E-state index is 12.4. The van der Waals surface area contributed by atoms with Gasteiger partial charge >= 0.3 is 6.18 Å². The minimum atomic E-state index is -4.44. The normalized spacial score (nSPS) is 12.2. The number of hydrogen-bond donors (Lipinski definition) is 1. The lowest BCUT2D eigenvalue weighted by Crippen LogP contribution is -2.07. The Kier molecular flexibility index (Phi) is 3.01. The third kappa shape index (κ3) is 2.55. The Hall–Kier alpha value is -1.63. The molecule has 0 saturated carbocycles. The molecule has 92 valence electrons. The third-order valence-corrected chi connectivity index (χ3v) is 2.23. The molecule has 2 aromatic heterocycles. The topological polar surface area (TPSA) is 50.8 Å². The number of fused-ring (bicyclic) bond motifs is 1. The van der Waals surface area contributed by atoms with Crippen molar-refractivity contribution in [2.45, 2.75) is 12.6 Å². The van der Waals surface area contributed by atoms with Gasteiger partial charge in [0.05, 0.1) is 12.1 Å². The summed E-state index contributed by atoms with van der Waals surface area (Å²) in [6.45, 7) is 0.450. The van der Waals surface area contributed by atoms with E-state index in [9.17, 15) is 13.2 Å². The fourth-order valence-corrected chi connectivity index (χ4v) is 1.42. The lowest BCUT2D eigenvalue weighted by atomic mass is 10.3. The molecule has 1 N–H and O–H groups in total. The summed E-state index contributed by atoms with van der Waals surface area (Å²) < 4.78 is 42.1. The van der Waals surface area contributed by atoms with E-state index in [1.54, 1.807) is 7.11 Å². The number of imidazole rings is 1. The van der Waals surface area contributed by atoms with E-state index in [0.717, 1.165) is 6.07 Å². The van der Waals surface area contributed by atoms with Crippen molar-refractivity contribution in [2.24, 2.45) is 0 Å². The molecule has 0 spiro atoms. The minimum absolute atomic E-state index is 0.0749. The number of pyridine rings is 1. The van der Waals surface area contributed by atoms with Crippen LogP contribution in [0.25, 0.3) is 11.2 Å². The zero-order valence-corrected chi connectivity index (χ0v) is 9.01. The van der Waals surface area contributed by atoms with Gasteiger partial charge in [0.2, 0.25) is 0 Å². The summed E-state index contributed by atoms with van der Waals surface area (Å²) in [4.78, 5) is 10.3. The van der Waals surface area contributed by atoms with E-state index in [2.05, 4.69) is 15.0 Å². The Balaban J connectivity index is 2.34. The number of nitrogens with one attached hydrogen (secondary N) is 1. The number of aromatic nitrogens is 3. The Bertz CT molecular complexity index is 521. The van der Waals surface area contributed by atoms with Crippen LogP contribution in [-0.4, -0.2) is 28.7 Å². The maximum Gasteiger partial charge on any atom is 0.433 e. The molecule has 0 bridgehead atoms. The first kappa shape index (κ1) is 11.8. The second kappa shape index (κ2) is 4.33. The maximum absolute atomic E-state index is 12.4. The van der Waals surface area contributed by atoms with E-state index in [0.29, 0.717) is 24.4 Å². The number of nitrogens with zero attached hydrogens (tertiary/aromatic N) is 2. The molecule has 2 rings (SSSR count). The van der Waals surface area contributed by atoms with Gasteiger partial charge in [-0.3, -0.25) is 0 Å². The fourth-order valence-electron chi connectivity index (χ4n) is 1.42. The second-order valence-electron chi connectivity index (χ2n) is 3.49. The zero-order valence-electron chi connectivity index (χ0n) is 9.01. The summed E-state index contributed by atoms with van der Waals surface area (Å²) in [7, 11) is 1.54. The standard InChI is InChI=1S/C10H10F3N3O/c1-17-5-4-8-14-6-2-3-7(10(11,12)13)15-9(6)16-8/h2-3H,4-5H2,1H3,(H,14,15,16). The quantitative estimate of drug-likeness (QED) is 0.901.